The van der Waals surface area contributed by atoms with Gasteiger partial charge in [0.15, 0.2) is 0 Å². The van der Waals surface area contributed by atoms with Crippen LogP contribution in [0.5, 0.6) is 0 Å². The number of carbonyl (C=O) groups is 1. The third-order valence-electron chi connectivity index (χ3n) is 4.21. The van der Waals surface area contributed by atoms with E-state index in [0.717, 1.165) is 6.42 Å². The highest BCUT2D eigenvalue weighted by Gasteiger charge is 2.58. The molecule has 3 atom stereocenters. The molecule has 6 nitrogen and oxygen atoms in total. The molecule has 122 valence electrons. The molecule has 2 aliphatic carbocycles. The Hall–Kier alpha value is -0.800. The second-order valence-electron chi connectivity index (χ2n) is 6.40. The molecule has 3 unspecified atom stereocenters. The molecule has 2 N–H and O–H groups in total. The normalized spacial score (nSPS) is 37.1. The van der Waals surface area contributed by atoms with Gasteiger partial charge in [0.1, 0.15) is 5.60 Å². The molecule has 2 rings (SSSR count). The van der Waals surface area contributed by atoms with E-state index in [0.29, 0.717) is 19.3 Å². The number of hydrogen-bond donors (Lipinski definition) is 2. The first-order valence-corrected chi connectivity index (χ1v) is 8.12. The highest BCUT2D eigenvalue weighted by atomic mass is 32.2. The third kappa shape index (κ3) is 3.19. The van der Waals surface area contributed by atoms with Crippen molar-refractivity contribution < 1.29 is 36.4 Å². The van der Waals surface area contributed by atoms with E-state index in [2.05, 4.69) is 0 Å². The predicted octanol–water partition coefficient (Wildman–Crippen LogP) is 1.48. The van der Waals surface area contributed by atoms with Gasteiger partial charge in [0, 0.05) is 6.42 Å². The summed E-state index contributed by atoms with van der Waals surface area (Å²) in [5.74, 6) is -2.25. The number of fused-ring (bicyclic) bond motifs is 2. The van der Waals surface area contributed by atoms with Crippen molar-refractivity contribution in [1.82, 2.24) is 0 Å². The van der Waals surface area contributed by atoms with Crippen molar-refractivity contribution in [3.63, 3.8) is 0 Å². The topological polar surface area (TPSA) is 101 Å². The minimum Gasteiger partial charge on any atom is -0.454 e. The number of hydrogen-bond acceptors (Lipinski definition) is 5. The van der Waals surface area contributed by atoms with E-state index in [1.807, 2.05) is 0 Å². The smallest absolute Gasteiger partial charge is 0.454 e. The van der Waals surface area contributed by atoms with Crippen LogP contribution in [-0.4, -0.2) is 40.5 Å². The second-order valence-corrected chi connectivity index (χ2v) is 7.87. The molecule has 0 heterocycles. The second kappa shape index (κ2) is 4.85. The fourth-order valence-electron chi connectivity index (χ4n) is 3.66. The maximum Gasteiger partial charge on any atom is 0.465 e. The summed E-state index contributed by atoms with van der Waals surface area (Å²) in [6.07, 6.45) is 2.50. The molecular formula is C12H18F2O6S. The van der Waals surface area contributed by atoms with Crippen molar-refractivity contribution >= 4 is 16.1 Å². The Kier molecular flexibility index (Phi) is 3.83. The molecular weight excluding hydrogens is 310 g/mol. The fourth-order valence-corrected chi connectivity index (χ4v) is 3.91. The Bertz CT molecular complexity index is 544. The fraction of sp³-hybridized carbons (Fsp3) is 0.917. The number of ether oxygens (including phenoxy) is 1. The summed E-state index contributed by atoms with van der Waals surface area (Å²) in [4.78, 5) is 11.5. The Balaban J connectivity index is 2.23. The summed E-state index contributed by atoms with van der Waals surface area (Å²) < 4.78 is 61.0. The van der Waals surface area contributed by atoms with Gasteiger partial charge < -0.3 is 9.84 Å². The molecule has 21 heavy (non-hydrogen) atoms. The summed E-state index contributed by atoms with van der Waals surface area (Å²) >= 11 is 0. The zero-order chi connectivity index (χ0) is 16.1. The molecule has 0 aromatic rings. The number of aliphatic hydroxyl groups is 1. The maximum absolute atomic E-state index is 13.3. The monoisotopic (exact) mass is 328 g/mol. The molecule has 0 spiro atoms. The van der Waals surface area contributed by atoms with Gasteiger partial charge in [0.2, 0.25) is 0 Å². The average molecular weight is 328 g/mol. The van der Waals surface area contributed by atoms with E-state index >= 15 is 0 Å². The molecule has 0 amide bonds. The SMILES string of the molecule is CC1(O)CC2CCCC(OC(=O)C(F)(F)S(=O)(=O)O)(C2)C1. The lowest BCUT2D eigenvalue weighted by Gasteiger charge is -2.50. The third-order valence-corrected chi connectivity index (χ3v) is 5.02. The van der Waals surface area contributed by atoms with Gasteiger partial charge in [-0.25, -0.2) is 4.79 Å². The van der Waals surface area contributed by atoms with Crippen LogP contribution >= 0.6 is 0 Å². The highest BCUT2D eigenvalue weighted by Crippen LogP contribution is 2.49. The van der Waals surface area contributed by atoms with Gasteiger partial charge in [0.05, 0.1) is 5.60 Å². The average Bonchev–Trinajstić information content (AvgIpc) is 2.24. The first-order chi connectivity index (χ1) is 9.37. The predicted molar refractivity (Wildman–Crippen MR) is 67.1 cm³/mol. The zero-order valence-corrected chi connectivity index (χ0v) is 12.3. The van der Waals surface area contributed by atoms with Crippen molar-refractivity contribution in [3.8, 4) is 0 Å². The molecule has 0 aliphatic heterocycles. The number of alkyl halides is 2. The Labute approximate surface area is 121 Å². The van der Waals surface area contributed by atoms with Gasteiger partial charge in [-0.2, -0.15) is 17.2 Å². The summed E-state index contributed by atoms with van der Waals surface area (Å²) in [7, 11) is -5.88. The van der Waals surface area contributed by atoms with Crippen LogP contribution in [0.1, 0.15) is 45.4 Å². The molecule has 2 aliphatic rings. The maximum atomic E-state index is 13.3. The van der Waals surface area contributed by atoms with Crippen LogP contribution in [0.2, 0.25) is 0 Å². The lowest BCUT2D eigenvalue weighted by molar-refractivity contribution is -0.200. The van der Waals surface area contributed by atoms with Crippen molar-refractivity contribution in [2.24, 2.45) is 5.92 Å². The van der Waals surface area contributed by atoms with Crippen LogP contribution in [0.25, 0.3) is 0 Å². The van der Waals surface area contributed by atoms with E-state index in [1.54, 1.807) is 0 Å². The lowest BCUT2D eigenvalue weighted by atomic mass is 9.64. The Morgan fingerprint density at radius 3 is 2.57 bits per heavy atom. The van der Waals surface area contributed by atoms with E-state index in [-0.39, 0.29) is 18.8 Å². The van der Waals surface area contributed by atoms with Crippen LogP contribution in [-0.2, 0) is 19.6 Å². The zero-order valence-electron chi connectivity index (χ0n) is 11.5. The Morgan fingerprint density at radius 1 is 1.38 bits per heavy atom. The summed E-state index contributed by atoms with van der Waals surface area (Å²) in [6.45, 7) is 1.54. The number of rotatable bonds is 3. The minimum absolute atomic E-state index is 0.0240. The van der Waals surface area contributed by atoms with Crippen LogP contribution in [0.15, 0.2) is 0 Å². The van der Waals surface area contributed by atoms with Crippen LogP contribution < -0.4 is 0 Å². The molecule has 9 heteroatoms. The van der Waals surface area contributed by atoms with Crippen molar-refractivity contribution in [3.05, 3.63) is 0 Å². The van der Waals surface area contributed by atoms with E-state index in [1.165, 1.54) is 6.92 Å². The van der Waals surface area contributed by atoms with Gasteiger partial charge >= 0.3 is 21.3 Å². The minimum atomic E-state index is -5.88. The number of halogens is 2. The van der Waals surface area contributed by atoms with E-state index < -0.39 is 32.5 Å². The molecule has 2 saturated carbocycles. The quantitative estimate of drug-likeness (QED) is 0.601. The molecule has 0 aromatic carbocycles. The van der Waals surface area contributed by atoms with Crippen molar-refractivity contribution in [1.29, 1.82) is 0 Å². The highest BCUT2D eigenvalue weighted by molar-refractivity contribution is 7.87. The number of carbonyl (C=O) groups excluding carboxylic acids is 1. The van der Waals surface area contributed by atoms with Crippen molar-refractivity contribution in [2.45, 2.75) is 61.9 Å². The van der Waals surface area contributed by atoms with Crippen LogP contribution in [0, 0.1) is 5.92 Å². The van der Waals surface area contributed by atoms with E-state index in [4.69, 9.17) is 9.29 Å². The van der Waals surface area contributed by atoms with Gasteiger partial charge in [0.25, 0.3) is 0 Å². The summed E-state index contributed by atoms with van der Waals surface area (Å²) in [5.41, 5.74) is -2.45. The first kappa shape index (κ1) is 16.6. The standard InChI is InChI=1S/C12H18F2O6S/c1-10(16)5-8-3-2-4-11(6-8,7-10)20-9(15)12(13,14)21(17,18)19/h8,16H,2-7H2,1H3,(H,17,18,19). The molecule has 0 saturated heterocycles. The summed E-state index contributed by atoms with van der Waals surface area (Å²) in [6, 6.07) is 0. The first-order valence-electron chi connectivity index (χ1n) is 6.68. The molecule has 2 bridgehead atoms. The largest absolute Gasteiger partial charge is 0.465 e. The number of esters is 1. The van der Waals surface area contributed by atoms with Crippen molar-refractivity contribution in [2.75, 3.05) is 0 Å². The Morgan fingerprint density at radius 2 is 2.00 bits per heavy atom. The summed E-state index contributed by atoms with van der Waals surface area (Å²) in [5, 5.41) is 5.17. The van der Waals surface area contributed by atoms with Gasteiger partial charge in [-0.1, -0.05) is 6.42 Å². The van der Waals surface area contributed by atoms with Crippen LogP contribution in [0.4, 0.5) is 8.78 Å². The molecule has 0 aromatic heterocycles. The molecule has 0 radical (unpaired) electrons. The molecule has 2 fully saturated rings. The lowest BCUT2D eigenvalue weighted by Crippen LogP contribution is -2.54. The van der Waals surface area contributed by atoms with Gasteiger partial charge in [-0.3, -0.25) is 4.55 Å². The van der Waals surface area contributed by atoms with E-state index in [9.17, 15) is 27.1 Å². The van der Waals surface area contributed by atoms with Gasteiger partial charge in [-0.05, 0) is 38.5 Å². The van der Waals surface area contributed by atoms with Crippen LogP contribution in [0.3, 0.4) is 0 Å². The van der Waals surface area contributed by atoms with Gasteiger partial charge in [-0.15, -0.1) is 0 Å².